The van der Waals surface area contributed by atoms with Crippen LogP contribution < -0.4 is 0 Å². The average molecular weight is 415 g/mol. The van der Waals surface area contributed by atoms with Gasteiger partial charge in [0, 0.05) is 29.4 Å². The molecule has 2 aliphatic rings. The number of likely N-dealkylation sites (tertiary alicyclic amines) is 1. The van der Waals surface area contributed by atoms with E-state index in [4.69, 9.17) is 11.6 Å². The number of hydrogen-bond donors (Lipinski definition) is 0. The molecule has 2 aliphatic heterocycles. The van der Waals surface area contributed by atoms with Crippen LogP contribution in [-0.2, 0) is 11.3 Å². The summed E-state index contributed by atoms with van der Waals surface area (Å²) in [6.07, 6.45) is 5.53. The van der Waals surface area contributed by atoms with Crippen LogP contribution in [0.3, 0.4) is 0 Å². The van der Waals surface area contributed by atoms with Crippen LogP contribution in [-0.4, -0.2) is 38.8 Å². The molecule has 0 N–H and O–H groups in total. The Balaban J connectivity index is 1.56. The summed E-state index contributed by atoms with van der Waals surface area (Å²) in [5.41, 5.74) is 3.93. The zero-order valence-corrected chi connectivity index (χ0v) is 17.7. The number of hydrogen-bond acceptors (Lipinski definition) is 4. The fourth-order valence-corrected chi connectivity index (χ4v) is 4.75. The standard InChI is InChI=1S/C21H23ClN4OS/c1-14-17(15(2)26(24-14)13-16-8-4-5-9-18(16)22)12-19-20(27)23-21(28-19)25-10-6-3-7-11-25/h4-5,8-9,12H,3,6-7,10-11,13H2,1-2H3/b19-12+. The van der Waals surface area contributed by atoms with E-state index >= 15 is 0 Å². The van der Waals surface area contributed by atoms with Crippen molar-refractivity contribution in [1.82, 2.24) is 14.7 Å². The van der Waals surface area contributed by atoms with Crippen molar-refractivity contribution < 1.29 is 4.79 Å². The minimum atomic E-state index is -0.150. The van der Waals surface area contributed by atoms with Gasteiger partial charge in [0.2, 0.25) is 0 Å². The van der Waals surface area contributed by atoms with Crippen molar-refractivity contribution in [2.45, 2.75) is 39.7 Å². The topological polar surface area (TPSA) is 50.5 Å². The van der Waals surface area contributed by atoms with Gasteiger partial charge >= 0.3 is 0 Å². The molecule has 1 amide bonds. The molecule has 1 aromatic carbocycles. The van der Waals surface area contributed by atoms with E-state index in [2.05, 4.69) is 15.0 Å². The third kappa shape index (κ3) is 3.89. The second-order valence-electron chi connectivity index (χ2n) is 7.19. The van der Waals surface area contributed by atoms with E-state index in [9.17, 15) is 4.79 Å². The monoisotopic (exact) mass is 414 g/mol. The smallest absolute Gasteiger partial charge is 0.286 e. The van der Waals surface area contributed by atoms with Crippen molar-refractivity contribution in [3.05, 3.63) is 56.7 Å². The Bertz CT molecular complexity index is 973. The largest absolute Gasteiger partial charge is 0.351 e. The van der Waals surface area contributed by atoms with Crippen LogP contribution in [0.5, 0.6) is 0 Å². The number of carbonyl (C=O) groups is 1. The number of halogens is 1. The SMILES string of the molecule is Cc1nn(Cc2ccccc2Cl)c(C)c1/C=C1/SC(N2CCCCC2)=NC1=O. The molecule has 2 aromatic rings. The van der Waals surface area contributed by atoms with E-state index in [0.29, 0.717) is 11.4 Å². The van der Waals surface area contributed by atoms with Crippen molar-refractivity contribution in [2.75, 3.05) is 13.1 Å². The van der Waals surface area contributed by atoms with E-state index in [1.165, 1.54) is 31.0 Å². The second-order valence-corrected chi connectivity index (χ2v) is 8.61. The van der Waals surface area contributed by atoms with Gasteiger partial charge in [0.05, 0.1) is 17.1 Å². The van der Waals surface area contributed by atoms with Crippen molar-refractivity contribution in [2.24, 2.45) is 4.99 Å². The Morgan fingerprint density at radius 2 is 1.93 bits per heavy atom. The van der Waals surface area contributed by atoms with E-state index in [0.717, 1.165) is 45.8 Å². The van der Waals surface area contributed by atoms with Gasteiger partial charge in [-0.25, -0.2) is 0 Å². The molecule has 146 valence electrons. The molecule has 0 aliphatic carbocycles. The van der Waals surface area contributed by atoms with Crippen LogP contribution in [0.25, 0.3) is 6.08 Å². The maximum atomic E-state index is 12.4. The number of aryl methyl sites for hydroxylation is 1. The summed E-state index contributed by atoms with van der Waals surface area (Å²) in [6, 6.07) is 7.79. The van der Waals surface area contributed by atoms with E-state index in [1.807, 2.05) is 48.9 Å². The molecule has 0 bridgehead atoms. The van der Waals surface area contributed by atoms with Gasteiger partial charge in [-0.15, -0.1) is 0 Å². The predicted molar refractivity (Wildman–Crippen MR) is 116 cm³/mol. The van der Waals surface area contributed by atoms with Crippen molar-refractivity contribution >= 4 is 40.5 Å². The average Bonchev–Trinajstić information content (AvgIpc) is 3.19. The normalized spacial score (nSPS) is 18.8. The summed E-state index contributed by atoms with van der Waals surface area (Å²) >= 11 is 7.78. The third-order valence-corrected chi connectivity index (χ3v) is 6.64. The minimum Gasteiger partial charge on any atom is -0.351 e. The minimum absolute atomic E-state index is 0.150. The first-order valence-electron chi connectivity index (χ1n) is 9.58. The number of rotatable bonds is 3. The molecule has 1 fully saturated rings. The van der Waals surface area contributed by atoms with Crippen LogP contribution in [0.1, 0.15) is 41.8 Å². The number of carbonyl (C=O) groups excluding carboxylic acids is 1. The quantitative estimate of drug-likeness (QED) is 0.685. The molecule has 5 nitrogen and oxygen atoms in total. The van der Waals surface area contributed by atoms with Gasteiger partial charge in [-0.05, 0) is 62.6 Å². The number of aromatic nitrogens is 2. The summed E-state index contributed by atoms with van der Waals surface area (Å²) in [5, 5.41) is 6.24. The Labute approximate surface area is 174 Å². The molecule has 0 spiro atoms. The molecule has 0 saturated carbocycles. The van der Waals surface area contributed by atoms with Gasteiger partial charge < -0.3 is 4.90 Å². The number of benzene rings is 1. The fraction of sp³-hybridized carbons (Fsp3) is 0.381. The third-order valence-electron chi connectivity index (χ3n) is 5.23. The Morgan fingerprint density at radius 1 is 1.18 bits per heavy atom. The van der Waals surface area contributed by atoms with Gasteiger partial charge in [-0.3, -0.25) is 9.48 Å². The first kappa shape index (κ1) is 19.3. The zero-order valence-electron chi connectivity index (χ0n) is 16.1. The van der Waals surface area contributed by atoms with E-state index in [1.54, 1.807) is 0 Å². The molecule has 0 radical (unpaired) electrons. The highest BCUT2D eigenvalue weighted by Crippen LogP contribution is 2.32. The highest BCUT2D eigenvalue weighted by molar-refractivity contribution is 8.18. The van der Waals surface area contributed by atoms with Crippen LogP contribution in [0.2, 0.25) is 5.02 Å². The number of aliphatic imine (C=N–C) groups is 1. The van der Waals surface area contributed by atoms with E-state index < -0.39 is 0 Å². The highest BCUT2D eigenvalue weighted by Gasteiger charge is 2.27. The molecule has 3 heterocycles. The molecule has 1 saturated heterocycles. The number of thioether (sulfide) groups is 1. The van der Waals surface area contributed by atoms with Crippen LogP contribution in [0.4, 0.5) is 0 Å². The summed E-state index contributed by atoms with van der Waals surface area (Å²) in [5.74, 6) is -0.150. The Morgan fingerprint density at radius 3 is 2.68 bits per heavy atom. The number of nitrogens with zero attached hydrogens (tertiary/aromatic N) is 4. The first-order valence-corrected chi connectivity index (χ1v) is 10.8. The Hall–Kier alpha value is -2.05. The van der Waals surface area contributed by atoms with Crippen LogP contribution in [0.15, 0.2) is 34.2 Å². The molecule has 4 rings (SSSR count). The van der Waals surface area contributed by atoms with Crippen molar-refractivity contribution in [1.29, 1.82) is 0 Å². The van der Waals surface area contributed by atoms with Gasteiger partial charge in [-0.1, -0.05) is 29.8 Å². The lowest BCUT2D eigenvalue weighted by molar-refractivity contribution is -0.113. The van der Waals surface area contributed by atoms with E-state index in [-0.39, 0.29) is 5.91 Å². The van der Waals surface area contributed by atoms with Gasteiger partial charge in [0.15, 0.2) is 5.17 Å². The fourth-order valence-electron chi connectivity index (χ4n) is 3.61. The number of amides is 1. The Kier molecular flexibility index (Phi) is 5.60. The lowest BCUT2D eigenvalue weighted by Crippen LogP contribution is -2.33. The molecule has 1 aromatic heterocycles. The zero-order chi connectivity index (χ0) is 19.7. The molecular weight excluding hydrogens is 392 g/mol. The van der Waals surface area contributed by atoms with Gasteiger partial charge in [0.1, 0.15) is 0 Å². The molecule has 7 heteroatoms. The van der Waals surface area contributed by atoms with Crippen molar-refractivity contribution in [3.63, 3.8) is 0 Å². The summed E-state index contributed by atoms with van der Waals surface area (Å²) < 4.78 is 1.94. The molecule has 0 unspecified atom stereocenters. The first-order chi connectivity index (χ1) is 13.5. The summed E-state index contributed by atoms with van der Waals surface area (Å²) in [4.78, 5) is 19.6. The van der Waals surface area contributed by atoms with Crippen LogP contribution >= 0.6 is 23.4 Å². The molecular formula is C21H23ClN4OS. The predicted octanol–water partition coefficient (Wildman–Crippen LogP) is 4.66. The summed E-state index contributed by atoms with van der Waals surface area (Å²) in [7, 11) is 0. The van der Waals surface area contributed by atoms with Crippen LogP contribution in [0, 0.1) is 13.8 Å². The lowest BCUT2D eigenvalue weighted by atomic mass is 10.1. The number of piperidine rings is 1. The lowest BCUT2D eigenvalue weighted by Gasteiger charge is -2.27. The maximum Gasteiger partial charge on any atom is 0.286 e. The highest BCUT2D eigenvalue weighted by atomic mass is 35.5. The maximum absolute atomic E-state index is 12.4. The number of amidine groups is 1. The molecule has 0 atom stereocenters. The van der Waals surface area contributed by atoms with Crippen molar-refractivity contribution in [3.8, 4) is 0 Å². The summed E-state index contributed by atoms with van der Waals surface area (Å²) in [6.45, 7) is 6.57. The van der Waals surface area contributed by atoms with Gasteiger partial charge in [-0.2, -0.15) is 10.1 Å². The molecule has 28 heavy (non-hydrogen) atoms. The second kappa shape index (κ2) is 8.13. The van der Waals surface area contributed by atoms with Gasteiger partial charge in [0.25, 0.3) is 5.91 Å².